The van der Waals surface area contributed by atoms with Crippen LogP contribution in [0.5, 0.6) is 0 Å². The molecule has 0 atom stereocenters. The summed E-state index contributed by atoms with van der Waals surface area (Å²) in [5, 5.41) is 2.90. The Bertz CT molecular complexity index is 1120. The van der Waals surface area contributed by atoms with Crippen LogP contribution >= 0.6 is 0 Å². The van der Waals surface area contributed by atoms with E-state index in [4.69, 9.17) is 4.74 Å². The minimum absolute atomic E-state index is 0.133. The van der Waals surface area contributed by atoms with E-state index in [1.165, 1.54) is 12.0 Å². The third kappa shape index (κ3) is 4.60. The summed E-state index contributed by atoms with van der Waals surface area (Å²) >= 11 is 0. The molecule has 2 aliphatic heterocycles. The topological polar surface area (TPSA) is 96.0 Å². The summed E-state index contributed by atoms with van der Waals surface area (Å²) in [6, 6.07) is 10.3. The zero-order chi connectivity index (χ0) is 23.5. The molecule has 1 N–H and O–H groups in total. The van der Waals surface area contributed by atoms with E-state index in [1.807, 2.05) is 13.0 Å². The fourth-order valence-electron chi connectivity index (χ4n) is 4.33. The van der Waals surface area contributed by atoms with Gasteiger partial charge in [-0.3, -0.25) is 19.3 Å². The maximum atomic E-state index is 12.7. The molecule has 2 aromatic carbocycles. The van der Waals surface area contributed by atoms with Gasteiger partial charge < -0.3 is 15.0 Å². The Balaban J connectivity index is 1.40. The summed E-state index contributed by atoms with van der Waals surface area (Å²) in [4.78, 5) is 53.2. The highest BCUT2D eigenvalue weighted by molar-refractivity contribution is 6.21. The Morgan fingerprint density at radius 3 is 2.45 bits per heavy atom. The minimum atomic E-state index is -0.473. The van der Waals surface area contributed by atoms with Crippen molar-refractivity contribution in [1.82, 2.24) is 4.90 Å². The first-order valence-corrected chi connectivity index (χ1v) is 11.1. The molecule has 33 heavy (non-hydrogen) atoms. The number of carbonyl (C=O) groups is 4. The van der Waals surface area contributed by atoms with Gasteiger partial charge >= 0.3 is 5.97 Å². The van der Waals surface area contributed by atoms with E-state index in [0.717, 1.165) is 37.2 Å². The van der Waals surface area contributed by atoms with Gasteiger partial charge in [0.15, 0.2) is 0 Å². The molecule has 1 saturated heterocycles. The van der Waals surface area contributed by atoms with Crippen LogP contribution < -0.4 is 10.2 Å². The highest BCUT2D eigenvalue weighted by atomic mass is 16.5. The van der Waals surface area contributed by atoms with Crippen LogP contribution in [0.25, 0.3) is 0 Å². The number of methoxy groups -OCH3 is 1. The summed E-state index contributed by atoms with van der Waals surface area (Å²) in [5.74, 6) is -1.36. The van der Waals surface area contributed by atoms with Crippen molar-refractivity contribution in [3.05, 3.63) is 58.7 Å². The number of rotatable bonds is 7. The summed E-state index contributed by atoms with van der Waals surface area (Å²) in [5.41, 5.74) is 3.52. The van der Waals surface area contributed by atoms with Gasteiger partial charge in [0.05, 0.1) is 35.2 Å². The molecule has 8 heteroatoms. The number of anilines is 2. The molecule has 3 amide bonds. The lowest BCUT2D eigenvalue weighted by atomic mass is 10.1. The number of hydrogen-bond acceptors (Lipinski definition) is 6. The number of ether oxygens (including phenoxy) is 1. The Labute approximate surface area is 192 Å². The van der Waals surface area contributed by atoms with Gasteiger partial charge in [0.2, 0.25) is 5.91 Å². The Kier molecular flexibility index (Phi) is 6.44. The number of hydrogen-bond donors (Lipinski definition) is 1. The summed E-state index contributed by atoms with van der Waals surface area (Å²) in [6.45, 7) is 3.82. The van der Waals surface area contributed by atoms with Crippen LogP contribution in [0.1, 0.15) is 62.3 Å². The average Bonchev–Trinajstić information content (AvgIpc) is 3.42. The predicted molar refractivity (Wildman–Crippen MR) is 124 cm³/mol. The molecule has 2 aliphatic rings. The van der Waals surface area contributed by atoms with E-state index in [0.29, 0.717) is 28.8 Å². The van der Waals surface area contributed by atoms with Gasteiger partial charge in [-0.25, -0.2) is 4.79 Å². The monoisotopic (exact) mass is 449 g/mol. The molecule has 0 bridgehead atoms. The van der Waals surface area contributed by atoms with Gasteiger partial charge in [0, 0.05) is 26.1 Å². The number of esters is 1. The van der Waals surface area contributed by atoms with Crippen molar-refractivity contribution in [3.8, 4) is 0 Å². The third-order valence-electron chi connectivity index (χ3n) is 6.05. The molecular weight excluding hydrogens is 422 g/mol. The number of carbonyl (C=O) groups excluding carboxylic acids is 4. The van der Waals surface area contributed by atoms with E-state index in [1.54, 1.807) is 30.3 Å². The van der Waals surface area contributed by atoms with Gasteiger partial charge in [-0.2, -0.15) is 0 Å². The second kappa shape index (κ2) is 9.44. The van der Waals surface area contributed by atoms with Crippen molar-refractivity contribution in [2.45, 2.75) is 32.6 Å². The fraction of sp³-hybridized carbons (Fsp3) is 0.360. The lowest BCUT2D eigenvalue weighted by Crippen LogP contribution is -2.31. The summed E-state index contributed by atoms with van der Waals surface area (Å²) in [7, 11) is 1.31. The van der Waals surface area contributed by atoms with Crippen LogP contribution in [-0.2, 0) is 9.53 Å². The zero-order valence-electron chi connectivity index (χ0n) is 18.8. The van der Waals surface area contributed by atoms with Crippen LogP contribution in [0.15, 0.2) is 36.4 Å². The van der Waals surface area contributed by atoms with E-state index in [-0.39, 0.29) is 30.7 Å². The van der Waals surface area contributed by atoms with Crippen molar-refractivity contribution in [1.29, 1.82) is 0 Å². The molecule has 0 aromatic heterocycles. The van der Waals surface area contributed by atoms with Crippen LogP contribution in [0.4, 0.5) is 11.4 Å². The first-order valence-electron chi connectivity index (χ1n) is 11.1. The Hall–Kier alpha value is -3.68. The molecular formula is C25H27N3O5. The molecule has 1 fully saturated rings. The van der Waals surface area contributed by atoms with Crippen molar-refractivity contribution < 1.29 is 23.9 Å². The maximum Gasteiger partial charge on any atom is 0.337 e. The Morgan fingerprint density at radius 1 is 1.00 bits per heavy atom. The standard InChI is InChI=1S/C25H27N3O5/c1-16-7-9-18-19(14-16)24(31)28(23(18)30)13-5-6-22(29)26-20-15-17(25(32)33-2)8-10-21(20)27-11-3-4-12-27/h7-10,14-15H,3-6,11-13H2,1-2H3,(H,26,29). The Morgan fingerprint density at radius 2 is 1.73 bits per heavy atom. The van der Waals surface area contributed by atoms with Crippen molar-refractivity contribution in [3.63, 3.8) is 0 Å². The fourth-order valence-corrected chi connectivity index (χ4v) is 4.33. The quantitative estimate of drug-likeness (QED) is 0.514. The number of imide groups is 1. The van der Waals surface area contributed by atoms with Crippen molar-refractivity contribution in [2.75, 3.05) is 37.0 Å². The first-order chi connectivity index (χ1) is 15.9. The van der Waals surface area contributed by atoms with E-state index < -0.39 is 5.97 Å². The summed E-state index contributed by atoms with van der Waals surface area (Å²) < 4.78 is 4.80. The molecule has 0 saturated carbocycles. The largest absolute Gasteiger partial charge is 0.465 e. The number of aryl methyl sites for hydroxylation is 1. The number of amides is 3. The number of nitrogens with one attached hydrogen (secondary N) is 1. The number of benzene rings is 2. The maximum absolute atomic E-state index is 12.7. The van der Waals surface area contributed by atoms with E-state index in [2.05, 4.69) is 10.2 Å². The van der Waals surface area contributed by atoms with E-state index in [9.17, 15) is 19.2 Å². The highest BCUT2D eigenvalue weighted by Crippen LogP contribution is 2.31. The normalized spacial score (nSPS) is 15.1. The lowest BCUT2D eigenvalue weighted by Gasteiger charge is -2.22. The zero-order valence-corrected chi connectivity index (χ0v) is 18.8. The minimum Gasteiger partial charge on any atom is -0.465 e. The second-order valence-electron chi connectivity index (χ2n) is 8.38. The predicted octanol–water partition coefficient (Wildman–Crippen LogP) is 3.40. The van der Waals surface area contributed by atoms with Gasteiger partial charge in [0.1, 0.15) is 0 Å². The highest BCUT2D eigenvalue weighted by Gasteiger charge is 2.35. The molecule has 0 radical (unpaired) electrons. The molecule has 0 spiro atoms. The smallest absolute Gasteiger partial charge is 0.337 e. The van der Waals surface area contributed by atoms with Gasteiger partial charge in [-0.15, -0.1) is 0 Å². The molecule has 0 unspecified atom stereocenters. The molecule has 2 heterocycles. The van der Waals surface area contributed by atoms with Gasteiger partial charge in [0.25, 0.3) is 11.8 Å². The second-order valence-corrected chi connectivity index (χ2v) is 8.38. The van der Waals surface area contributed by atoms with E-state index >= 15 is 0 Å². The number of nitrogens with zero attached hydrogens (tertiary/aromatic N) is 2. The van der Waals surface area contributed by atoms with Gasteiger partial charge in [-0.05, 0) is 56.5 Å². The molecule has 172 valence electrons. The van der Waals surface area contributed by atoms with Crippen molar-refractivity contribution in [2.24, 2.45) is 0 Å². The average molecular weight is 450 g/mol. The van der Waals surface area contributed by atoms with Gasteiger partial charge in [-0.1, -0.05) is 11.6 Å². The van der Waals surface area contributed by atoms with Crippen LogP contribution in [0.3, 0.4) is 0 Å². The van der Waals surface area contributed by atoms with Crippen LogP contribution in [0, 0.1) is 6.92 Å². The van der Waals surface area contributed by atoms with Crippen molar-refractivity contribution >= 4 is 35.1 Å². The summed E-state index contributed by atoms with van der Waals surface area (Å²) in [6.07, 6.45) is 2.62. The SMILES string of the molecule is COC(=O)c1ccc(N2CCCC2)c(NC(=O)CCCN2C(=O)c3ccc(C)cc3C2=O)c1. The van der Waals surface area contributed by atoms with Crippen LogP contribution in [-0.4, -0.2) is 55.3 Å². The molecule has 8 nitrogen and oxygen atoms in total. The third-order valence-corrected chi connectivity index (χ3v) is 6.05. The molecule has 0 aliphatic carbocycles. The van der Waals surface area contributed by atoms with Crippen LogP contribution in [0.2, 0.25) is 0 Å². The number of fused-ring (bicyclic) bond motifs is 1. The molecule has 4 rings (SSSR count). The molecule has 2 aromatic rings. The first kappa shape index (κ1) is 22.5. The lowest BCUT2D eigenvalue weighted by molar-refractivity contribution is -0.116.